The molecule has 6 heteroatoms. The fourth-order valence-electron chi connectivity index (χ4n) is 1.89. The topological polar surface area (TPSA) is 46.2 Å². The van der Waals surface area contributed by atoms with Crippen LogP contribution >= 0.6 is 11.3 Å². The van der Waals surface area contributed by atoms with Gasteiger partial charge in [0, 0.05) is 6.42 Å². The highest BCUT2D eigenvalue weighted by atomic mass is 32.1. The summed E-state index contributed by atoms with van der Waals surface area (Å²) in [6, 6.07) is 4.75. The van der Waals surface area contributed by atoms with Crippen LogP contribution < -0.4 is 5.73 Å². The van der Waals surface area contributed by atoms with Gasteiger partial charge in [0.15, 0.2) is 0 Å². The molecule has 0 unspecified atom stereocenters. The fraction of sp³-hybridized carbons (Fsp3) is 0.143. The van der Waals surface area contributed by atoms with E-state index >= 15 is 0 Å². The Balaban J connectivity index is 2.55. The molecule has 0 aliphatic heterocycles. The number of hydrogen-bond acceptors (Lipinski definition) is 3. The van der Waals surface area contributed by atoms with E-state index < -0.39 is 11.7 Å². The number of hydrogen-bond donors (Lipinski definition) is 2. The molecule has 0 saturated carbocycles. The summed E-state index contributed by atoms with van der Waals surface area (Å²) in [5.74, 6) is -0.0771. The minimum Gasteiger partial charge on any atom is -0.506 e. The minimum atomic E-state index is -4.43. The molecule has 2 nitrogen and oxygen atoms in total. The Bertz CT molecular complexity index is 646. The lowest BCUT2D eigenvalue weighted by Gasteiger charge is -2.09. The zero-order valence-electron chi connectivity index (χ0n) is 10.4. The molecule has 0 aliphatic carbocycles. The smallest absolute Gasteiger partial charge is 0.416 e. The van der Waals surface area contributed by atoms with Gasteiger partial charge in [0.2, 0.25) is 0 Å². The molecule has 2 aromatic rings. The molecule has 0 bridgehead atoms. The molecule has 0 radical (unpaired) electrons. The molecule has 3 N–H and O–H groups in total. The highest BCUT2D eigenvalue weighted by Gasteiger charge is 2.31. The Morgan fingerprint density at radius 2 is 2.05 bits per heavy atom. The maximum atomic E-state index is 12.7. The molecular formula is C14H12F3NOS. The first-order valence-corrected chi connectivity index (χ1v) is 6.55. The number of allylic oxidation sites excluding steroid dienone is 1. The molecule has 0 fully saturated rings. The van der Waals surface area contributed by atoms with Crippen LogP contribution in [0.15, 0.2) is 36.9 Å². The van der Waals surface area contributed by atoms with Crippen molar-refractivity contribution in [2.24, 2.45) is 0 Å². The Kier molecular flexibility index (Phi) is 3.76. The third kappa shape index (κ3) is 2.65. The second-order valence-electron chi connectivity index (χ2n) is 4.18. The van der Waals surface area contributed by atoms with Crippen molar-refractivity contribution in [3.05, 3.63) is 47.4 Å². The Hall–Kier alpha value is -1.95. The van der Waals surface area contributed by atoms with Crippen molar-refractivity contribution in [3.63, 3.8) is 0 Å². The number of rotatable bonds is 3. The highest BCUT2D eigenvalue weighted by molar-refractivity contribution is 7.17. The van der Waals surface area contributed by atoms with Gasteiger partial charge in [0.1, 0.15) is 5.75 Å². The van der Waals surface area contributed by atoms with Crippen molar-refractivity contribution in [3.8, 4) is 16.9 Å². The molecule has 1 aromatic carbocycles. The van der Waals surface area contributed by atoms with Gasteiger partial charge >= 0.3 is 6.18 Å². The van der Waals surface area contributed by atoms with E-state index in [9.17, 15) is 18.3 Å². The summed E-state index contributed by atoms with van der Waals surface area (Å²) in [5, 5.41) is 10.4. The van der Waals surface area contributed by atoms with Crippen molar-refractivity contribution < 1.29 is 18.3 Å². The quantitative estimate of drug-likeness (QED) is 0.822. The van der Waals surface area contributed by atoms with E-state index in [4.69, 9.17) is 5.73 Å². The summed E-state index contributed by atoms with van der Waals surface area (Å²) >= 11 is 1.15. The summed E-state index contributed by atoms with van der Waals surface area (Å²) in [4.78, 5) is 0.588. The summed E-state index contributed by atoms with van der Waals surface area (Å²) < 4.78 is 38.1. The van der Waals surface area contributed by atoms with Crippen molar-refractivity contribution in [2.75, 3.05) is 5.73 Å². The predicted octanol–water partition coefficient (Wildman–Crippen LogP) is 4.45. The normalized spacial score (nSPS) is 11.6. The second kappa shape index (κ2) is 5.20. The van der Waals surface area contributed by atoms with E-state index in [2.05, 4.69) is 6.58 Å². The van der Waals surface area contributed by atoms with Gasteiger partial charge in [-0.1, -0.05) is 18.2 Å². The van der Waals surface area contributed by atoms with Crippen LogP contribution in [0.25, 0.3) is 11.1 Å². The summed E-state index contributed by atoms with van der Waals surface area (Å²) in [5.41, 5.74) is 5.53. The molecule has 20 heavy (non-hydrogen) atoms. The average Bonchev–Trinajstić information content (AvgIpc) is 2.64. The van der Waals surface area contributed by atoms with Crippen LogP contribution in [-0.4, -0.2) is 5.11 Å². The zero-order chi connectivity index (χ0) is 14.9. The Morgan fingerprint density at radius 1 is 1.35 bits per heavy atom. The van der Waals surface area contributed by atoms with Gasteiger partial charge in [-0.05, 0) is 17.7 Å². The number of thiophene rings is 1. The predicted molar refractivity (Wildman–Crippen MR) is 74.7 cm³/mol. The third-order valence-electron chi connectivity index (χ3n) is 2.79. The van der Waals surface area contributed by atoms with Gasteiger partial charge in [0.05, 0.1) is 21.0 Å². The lowest BCUT2D eigenvalue weighted by Crippen LogP contribution is -2.04. The number of halogens is 3. The molecule has 0 aliphatic rings. The summed E-state index contributed by atoms with van der Waals surface area (Å²) in [6.07, 6.45) is -2.42. The number of aromatic hydroxyl groups is 1. The van der Waals surface area contributed by atoms with Crippen LogP contribution in [0.5, 0.6) is 5.75 Å². The lowest BCUT2D eigenvalue weighted by atomic mass is 10.0. The van der Waals surface area contributed by atoms with E-state index in [1.165, 1.54) is 12.1 Å². The highest BCUT2D eigenvalue weighted by Crippen LogP contribution is 2.45. The summed E-state index contributed by atoms with van der Waals surface area (Å²) in [6.45, 7) is 3.56. The van der Waals surface area contributed by atoms with Crippen LogP contribution in [0.4, 0.5) is 18.2 Å². The van der Waals surface area contributed by atoms with E-state index in [0.29, 0.717) is 16.3 Å². The van der Waals surface area contributed by atoms with Crippen LogP contribution in [0.2, 0.25) is 0 Å². The number of anilines is 1. The van der Waals surface area contributed by atoms with Crippen molar-refractivity contribution in [1.82, 2.24) is 0 Å². The molecule has 0 atom stereocenters. The van der Waals surface area contributed by atoms with Crippen LogP contribution in [0, 0.1) is 0 Å². The molecule has 0 spiro atoms. The average molecular weight is 299 g/mol. The monoisotopic (exact) mass is 299 g/mol. The number of nitrogen functional groups attached to an aromatic ring is 1. The van der Waals surface area contributed by atoms with Gasteiger partial charge < -0.3 is 10.8 Å². The van der Waals surface area contributed by atoms with E-state index in [1.807, 2.05) is 0 Å². The lowest BCUT2D eigenvalue weighted by molar-refractivity contribution is -0.137. The molecule has 106 valence electrons. The van der Waals surface area contributed by atoms with Gasteiger partial charge in [-0.3, -0.25) is 0 Å². The third-order valence-corrected chi connectivity index (χ3v) is 3.82. The SMILES string of the molecule is C=CCc1sc(N)c(-c2cccc(C(F)(F)F)c2)c1O. The first kappa shape index (κ1) is 14.5. The van der Waals surface area contributed by atoms with E-state index in [0.717, 1.165) is 23.5 Å². The van der Waals surface area contributed by atoms with Gasteiger partial charge in [0.25, 0.3) is 0 Å². The van der Waals surface area contributed by atoms with Crippen molar-refractivity contribution in [2.45, 2.75) is 12.6 Å². The zero-order valence-corrected chi connectivity index (χ0v) is 11.2. The van der Waals surface area contributed by atoms with E-state index in [-0.39, 0.29) is 16.9 Å². The molecule has 0 saturated heterocycles. The fourth-order valence-corrected chi connectivity index (χ4v) is 2.87. The van der Waals surface area contributed by atoms with E-state index in [1.54, 1.807) is 6.08 Å². The van der Waals surface area contributed by atoms with Crippen LogP contribution in [0.1, 0.15) is 10.4 Å². The Morgan fingerprint density at radius 3 is 2.65 bits per heavy atom. The first-order valence-electron chi connectivity index (χ1n) is 5.73. The van der Waals surface area contributed by atoms with Crippen LogP contribution in [-0.2, 0) is 12.6 Å². The van der Waals surface area contributed by atoms with Crippen molar-refractivity contribution >= 4 is 16.3 Å². The standard InChI is InChI=1S/C14H12F3NOS/c1-2-4-10-12(19)11(13(18)20-10)8-5-3-6-9(7-8)14(15,16)17/h2-3,5-7,19H,1,4,18H2. The largest absolute Gasteiger partial charge is 0.506 e. The molecule has 0 amide bonds. The van der Waals surface area contributed by atoms with Gasteiger partial charge in [-0.2, -0.15) is 13.2 Å². The maximum Gasteiger partial charge on any atom is 0.416 e. The van der Waals surface area contributed by atoms with Crippen molar-refractivity contribution in [1.29, 1.82) is 0 Å². The molecule has 2 rings (SSSR count). The molecule has 1 aromatic heterocycles. The van der Waals surface area contributed by atoms with Crippen LogP contribution in [0.3, 0.4) is 0 Å². The number of benzene rings is 1. The second-order valence-corrected chi connectivity index (χ2v) is 5.32. The first-order chi connectivity index (χ1) is 9.34. The minimum absolute atomic E-state index is 0.0771. The number of alkyl halides is 3. The molecule has 1 heterocycles. The molecular weight excluding hydrogens is 287 g/mol. The maximum absolute atomic E-state index is 12.7. The number of nitrogens with two attached hydrogens (primary N) is 1. The van der Waals surface area contributed by atoms with Gasteiger partial charge in [-0.15, -0.1) is 17.9 Å². The Labute approximate surface area is 118 Å². The summed E-state index contributed by atoms with van der Waals surface area (Å²) in [7, 11) is 0. The van der Waals surface area contributed by atoms with Gasteiger partial charge in [-0.25, -0.2) is 0 Å².